The van der Waals surface area contributed by atoms with Crippen molar-refractivity contribution in [1.29, 1.82) is 0 Å². The summed E-state index contributed by atoms with van der Waals surface area (Å²) < 4.78 is 10.8. The minimum atomic E-state index is -0.809. The number of hydrogen-bond acceptors (Lipinski definition) is 5. The molecule has 0 bridgehead atoms. The van der Waals surface area contributed by atoms with E-state index in [1.54, 1.807) is 27.7 Å². The topological polar surface area (TPSA) is 93.7 Å². The number of alkyl carbamates (subject to hydrolysis) is 1. The van der Waals surface area contributed by atoms with Gasteiger partial charge in [-0.3, -0.25) is 9.59 Å². The van der Waals surface area contributed by atoms with Crippen LogP contribution >= 0.6 is 0 Å². The van der Waals surface area contributed by atoms with Gasteiger partial charge in [-0.15, -0.1) is 0 Å². The van der Waals surface area contributed by atoms with Gasteiger partial charge in [-0.25, -0.2) is 4.79 Å². The van der Waals surface area contributed by atoms with Crippen molar-refractivity contribution in [3.63, 3.8) is 0 Å². The number of carbonyl (C=O) groups excluding carboxylic acids is 3. The van der Waals surface area contributed by atoms with Gasteiger partial charge in [0.25, 0.3) is 0 Å². The fourth-order valence-corrected chi connectivity index (χ4v) is 3.68. The number of benzene rings is 1. The molecule has 1 aromatic rings. The number of nitrogens with one attached hydrogen (secondary N) is 2. The molecule has 1 aromatic carbocycles. The molecule has 31 heavy (non-hydrogen) atoms. The molecule has 1 aliphatic rings. The van der Waals surface area contributed by atoms with Crippen LogP contribution in [0.25, 0.3) is 0 Å². The van der Waals surface area contributed by atoms with Gasteiger partial charge >= 0.3 is 12.1 Å². The van der Waals surface area contributed by atoms with E-state index in [1.807, 2.05) is 30.3 Å². The molecule has 0 aromatic heterocycles. The van der Waals surface area contributed by atoms with E-state index in [4.69, 9.17) is 9.47 Å². The van der Waals surface area contributed by atoms with E-state index < -0.39 is 23.8 Å². The number of carbonyl (C=O) groups is 3. The molecule has 0 radical (unpaired) electrons. The summed E-state index contributed by atoms with van der Waals surface area (Å²) in [5.74, 6) is -0.150. The summed E-state index contributed by atoms with van der Waals surface area (Å²) in [6, 6.07) is 8.02. The van der Waals surface area contributed by atoms with Crippen molar-refractivity contribution in [2.24, 2.45) is 11.8 Å². The first-order chi connectivity index (χ1) is 14.5. The molecule has 0 spiro atoms. The monoisotopic (exact) mass is 432 g/mol. The summed E-state index contributed by atoms with van der Waals surface area (Å²) in [6.07, 6.45) is 3.22. The van der Waals surface area contributed by atoms with E-state index in [0.29, 0.717) is 5.92 Å². The molecule has 7 heteroatoms. The maximum Gasteiger partial charge on any atom is 0.408 e. The van der Waals surface area contributed by atoms with Crippen molar-refractivity contribution in [3.8, 4) is 0 Å². The smallest absolute Gasteiger partial charge is 0.408 e. The Hall–Kier alpha value is -2.57. The Kier molecular flexibility index (Phi) is 8.89. The molecular weight excluding hydrogens is 396 g/mol. The number of hydrogen-bond donors (Lipinski definition) is 2. The summed E-state index contributed by atoms with van der Waals surface area (Å²) in [5, 5.41) is 5.42. The van der Waals surface area contributed by atoms with Gasteiger partial charge in [-0.05, 0) is 52.0 Å². The zero-order valence-electron chi connectivity index (χ0n) is 19.3. The van der Waals surface area contributed by atoms with Gasteiger partial charge in [0.05, 0.1) is 12.0 Å². The van der Waals surface area contributed by atoms with Crippen molar-refractivity contribution in [2.45, 2.75) is 78.0 Å². The fourth-order valence-electron chi connectivity index (χ4n) is 3.68. The number of amides is 2. The molecule has 4 unspecified atom stereocenters. The van der Waals surface area contributed by atoms with Crippen LogP contribution in [0.4, 0.5) is 4.79 Å². The lowest BCUT2D eigenvalue weighted by Gasteiger charge is -2.27. The highest BCUT2D eigenvalue weighted by atomic mass is 16.6. The third-order valence-corrected chi connectivity index (χ3v) is 5.31. The molecule has 1 saturated carbocycles. The highest BCUT2D eigenvalue weighted by Crippen LogP contribution is 2.29. The molecule has 4 atom stereocenters. The third-order valence-electron chi connectivity index (χ3n) is 5.31. The van der Waals surface area contributed by atoms with Crippen LogP contribution in [0, 0.1) is 11.8 Å². The van der Waals surface area contributed by atoms with Crippen molar-refractivity contribution < 1.29 is 23.9 Å². The lowest BCUT2D eigenvalue weighted by molar-refractivity contribution is -0.151. The molecular formula is C24H36N2O5. The van der Waals surface area contributed by atoms with Crippen molar-refractivity contribution in [2.75, 3.05) is 6.61 Å². The second kappa shape index (κ2) is 11.2. The van der Waals surface area contributed by atoms with Gasteiger partial charge in [0.15, 0.2) is 0 Å². The van der Waals surface area contributed by atoms with Crippen LogP contribution in [-0.4, -0.2) is 36.2 Å². The molecule has 2 amide bonds. The Balaban J connectivity index is 1.97. The molecule has 0 aliphatic heterocycles. The molecule has 1 fully saturated rings. The Morgan fingerprint density at radius 3 is 2.39 bits per heavy atom. The second-order valence-electron chi connectivity index (χ2n) is 9.44. The molecule has 2 N–H and O–H groups in total. The van der Waals surface area contributed by atoms with Gasteiger partial charge in [0.2, 0.25) is 5.91 Å². The van der Waals surface area contributed by atoms with Gasteiger partial charge in [0.1, 0.15) is 18.2 Å². The average Bonchev–Trinajstić information content (AvgIpc) is 2.69. The predicted molar refractivity (Wildman–Crippen MR) is 118 cm³/mol. The number of esters is 1. The van der Waals surface area contributed by atoms with E-state index >= 15 is 0 Å². The van der Waals surface area contributed by atoms with Crippen LogP contribution in [0.1, 0.15) is 71.9 Å². The van der Waals surface area contributed by atoms with Crippen molar-refractivity contribution >= 4 is 18.0 Å². The predicted octanol–water partition coefficient (Wildman–Crippen LogP) is 4.13. The molecule has 0 saturated heterocycles. The third kappa shape index (κ3) is 8.59. The lowest BCUT2D eigenvalue weighted by Crippen LogP contribution is -2.48. The minimum Gasteiger partial charge on any atom is -0.463 e. The van der Waals surface area contributed by atoms with Gasteiger partial charge in [0, 0.05) is 0 Å². The highest BCUT2D eigenvalue weighted by molar-refractivity contribution is 5.85. The zero-order chi connectivity index (χ0) is 23.0. The van der Waals surface area contributed by atoms with Crippen LogP contribution in [0.3, 0.4) is 0 Å². The van der Waals surface area contributed by atoms with Gasteiger partial charge in [-0.2, -0.15) is 0 Å². The molecule has 2 rings (SSSR count). The van der Waals surface area contributed by atoms with Crippen LogP contribution in [-0.2, 0) is 19.1 Å². The Bertz CT molecular complexity index is 744. The number of rotatable bonds is 7. The van der Waals surface area contributed by atoms with Crippen molar-refractivity contribution in [3.05, 3.63) is 35.9 Å². The molecule has 172 valence electrons. The van der Waals surface area contributed by atoms with Crippen LogP contribution in [0.15, 0.2) is 30.3 Å². The summed E-state index contributed by atoms with van der Waals surface area (Å²) in [5.41, 5.74) is 0.169. The summed E-state index contributed by atoms with van der Waals surface area (Å²) >= 11 is 0. The van der Waals surface area contributed by atoms with Crippen LogP contribution in [0.2, 0.25) is 0 Å². The highest BCUT2D eigenvalue weighted by Gasteiger charge is 2.28. The quantitative estimate of drug-likeness (QED) is 0.632. The zero-order valence-corrected chi connectivity index (χ0v) is 19.3. The van der Waals surface area contributed by atoms with E-state index in [-0.39, 0.29) is 24.4 Å². The van der Waals surface area contributed by atoms with Gasteiger partial charge in [-0.1, -0.05) is 50.1 Å². The summed E-state index contributed by atoms with van der Waals surface area (Å²) in [6.45, 7) is 9.04. The van der Waals surface area contributed by atoms with Crippen molar-refractivity contribution in [1.82, 2.24) is 10.6 Å². The Morgan fingerprint density at radius 2 is 1.77 bits per heavy atom. The van der Waals surface area contributed by atoms with Crippen LogP contribution < -0.4 is 10.6 Å². The fraction of sp³-hybridized carbons (Fsp3) is 0.625. The Morgan fingerprint density at radius 1 is 1.10 bits per heavy atom. The maximum absolute atomic E-state index is 12.7. The molecule has 1 aliphatic carbocycles. The molecule has 7 nitrogen and oxygen atoms in total. The Labute approximate surface area is 185 Å². The van der Waals surface area contributed by atoms with E-state index in [9.17, 15) is 14.4 Å². The maximum atomic E-state index is 12.7. The van der Waals surface area contributed by atoms with Crippen LogP contribution in [0.5, 0.6) is 0 Å². The largest absolute Gasteiger partial charge is 0.463 e. The normalized spacial score (nSPS) is 20.8. The van der Waals surface area contributed by atoms with E-state index in [0.717, 1.165) is 31.2 Å². The first kappa shape index (κ1) is 24.7. The lowest BCUT2D eigenvalue weighted by atomic mass is 9.82. The summed E-state index contributed by atoms with van der Waals surface area (Å²) in [7, 11) is 0. The van der Waals surface area contributed by atoms with E-state index in [2.05, 4.69) is 17.6 Å². The minimum absolute atomic E-state index is 0.0403. The first-order valence-corrected chi connectivity index (χ1v) is 11.1. The second-order valence-corrected chi connectivity index (χ2v) is 9.44. The summed E-state index contributed by atoms with van der Waals surface area (Å²) in [4.78, 5) is 37.2. The molecule has 0 heterocycles. The standard InChI is InChI=1S/C24H36N2O5/c1-16-10-9-13-19(14-16)22(28)30-15-20(18-11-7-6-8-12-18)26-21(27)17(2)25-23(29)31-24(3,4)5/h6-8,11-12,16-17,19-20H,9-10,13-15H2,1-5H3,(H,25,29)(H,26,27). The number of ether oxygens (including phenoxy) is 2. The first-order valence-electron chi connectivity index (χ1n) is 11.1. The van der Waals surface area contributed by atoms with Gasteiger partial charge < -0.3 is 20.1 Å². The van der Waals surface area contributed by atoms with E-state index in [1.165, 1.54) is 0 Å². The average molecular weight is 433 g/mol. The SMILES string of the molecule is CC1CCCC(C(=O)OCC(NC(=O)C(C)NC(=O)OC(C)(C)C)c2ccccc2)C1.